The van der Waals surface area contributed by atoms with Gasteiger partial charge in [0, 0.05) is 26.2 Å². The van der Waals surface area contributed by atoms with Gasteiger partial charge in [-0.25, -0.2) is 4.98 Å². The maximum absolute atomic E-state index is 6.24. The topological polar surface area (TPSA) is 31.4 Å². The van der Waals surface area contributed by atoms with Gasteiger partial charge in [-0.05, 0) is 45.1 Å². The van der Waals surface area contributed by atoms with Gasteiger partial charge in [-0.1, -0.05) is 18.5 Å². The minimum atomic E-state index is 0.677. The summed E-state index contributed by atoms with van der Waals surface area (Å²) in [6, 6.07) is 4.50. The van der Waals surface area contributed by atoms with E-state index in [9.17, 15) is 0 Å². The van der Waals surface area contributed by atoms with Crippen LogP contribution in [0.4, 0.5) is 5.82 Å². The van der Waals surface area contributed by atoms with Gasteiger partial charge in [-0.3, -0.25) is 9.80 Å². The Labute approximate surface area is 127 Å². The molecular formula is C15H25ClN4. The highest BCUT2D eigenvalue weighted by Crippen LogP contribution is 2.20. The van der Waals surface area contributed by atoms with Crippen molar-refractivity contribution >= 4 is 17.4 Å². The lowest BCUT2D eigenvalue weighted by Crippen LogP contribution is -2.38. The van der Waals surface area contributed by atoms with E-state index in [0.29, 0.717) is 6.04 Å². The van der Waals surface area contributed by atoms with Gasteiger partial charge < -0.3 is 5.32 Å². The van der Waals surface area contributed by atoms with Crippen molar-refractivity contribution in [1.29, 1.82) is 0 Å². The van der Waals surface area contributed by atoms with Crippen LogP contribution in [0.3, 0.4) is 0 Å². The van der Waals surface area contributed by atoms with Gasteiger partial charge >= 0.3 is 0 Å². The fraction of sp³-hybridized carbons (Fsp3) is 0.667. The van der Waals surface area contributed by atoms with Gasteiger partial charge in [0.1, 0.15) is 5.82 Å². The number of likely N-dealkylation sites (N-methyl/N-ethyl adjacent to an activating group) is 2. The number of aromatic nitrogens is 1. The smallest absolute Gasteiger partial charge is 0.126 e. The Morgan fingerprint density at radius 1 is 1.50 bits per heavy atom. The number of rotatable bonds is 6. The van der Waals surface area contributed by atoms with Crippen molar-refractivity contribution in [2.24, 2.45) is 0 Å². The number of likely N-dealkylation sites (tertiary alicyclic amines) is 1. The number of hydrogen-bond donors (Lipinski definition) is 1. The van der Waals surface area contributed by atoms with Gasteiger partial charge in [-0.15, -0.1) is 0 Å². The van der Waals surface area contributed by atoms with E-state index < -0.39 is 0 Å². The van der Waals surface area contributed by atoms with E-state index in [4.69, 9.17) is 11.6 Å². The van der Waals surface area contributed by atoms with E-state index in [2.05, 4.69) is 34.1 Å². The van der Waals surface area contributed by atoms with Gasteiger partial charge in [-0.2, -0.15) is 0 Å². The van der Waals surface area contributed by atoms with Crippen molar-refractivity contribution in [2.45, 2.75) is 32.4 Å². The Morgan fingerprint density at radius 3 is 3.00 bits per heavy atom. The molecule has 0 amide bonds. The summed E-state index contributed by atoms with van der Waals surface area (Å²) < 4.78 is 0. The van der Waals surface area contributed by atoms with E-state index in [1.165, 1.54) is 19.4 Å². The second-order valence-electron chi connectivity index (χ2n) is 5.50. The molecule has 0 bridgehead atoms. The molecule has 2 rings (SSSR count). The van der Waals surface area contributed by atoms with Crippen LogP contribution < -0.4 is 5.32 Å². The van der Waals surface area contributed by atoms with Crippen molar-refractivity contribution in [3.05, 3.63) is 22.8 Å². The third-order valence-electron chi connectivity index (χ3n) is 4.02. The second kappa shape index (κ2) is 7.25. The molecule has 1 aliphatic rings. The predicted molar refractivity (Wildman–Crippen MR) is 85.4 cm³/mol. The molecule has 20 heavy (non-hydrogen) atoms. The summed E-state index contributed by atoms with van der Waals surface area (Å²) in [5, 5.41) is 3.81. The Balaban J connectivity index is 1.95. The first-order valence-corrected chi connectivity index (χ1v) is 7.77. The van der Waals surface area contributed by atoms with Crippen LogP contribution in [0.15, 0.2) is 12.1 Å². The van der Waals surface area contributed by atoms with Crippen LogP contribution >= 0.6 is 11.6 Å². The molecule has 1 saturated heterocycles. The summed E-state index contributed by atoms with van der Waals surface area (Å²) >= 11 is 6.24. The molecular weight excluding hydrogens is 272 g/mol. The molecule has 1 aromatic heterocycles. The van der Waals surface area contributed by atoms with E-state index in [-0.39, 0.29) is 0 Å². The lowest BCUT2D eigenvalue weighted by molar-refractivity contribution is 0.194. The third kappa shape index (κ3) is 3.84. The van der Waals surface area contributed by atoms with Crippen molar-refractivity contribution < 1.29 is 0 Å². The highest BCUT2D eigenvalue weighted by Gasteiger charge is 2.24. The Morgan fingerprint density at radius 2 is 2.30 bits per heavy atom. The van der Waals surface area contributed by atoms with Gasteiger partial charge in [0.2, 0.25) is 0 Å². The largest absolute Gasteiger partial charge is 0.373 e. The lowest BCUT2D eigenvalue weighted by Gasteiger charge is -2.27. The summed E-state index contributed by atoms with van der Waals surface area (Å²) in [4.78, 5) is 9.44. The molecule has 0 aromatic carbocycles. The van der Waals surface area contributed by atoms with Crippen molar-refractivity contribution in [3.63, 3.8) is 0 Å². The monoisotopic (exact) mass is 296 g/mol. The predicted octanol–water partition coefficient (Wildman–Crippen LogP) is 2.69. The normalized spacial score (nSPS) is 19.8. The standard InChI is InChI=1S/C15H25ClN4/c1-4-20-9-5-6-12(20)10-19(3)11-14-13(16)7-8-15(17-2)18-14/h7-8,12H,4-6,9-11H2,1-3H3,(H,17,18). The second-order valence-corrected chi connectivity index (χ2v) is 5.90. The van der Waals surface area contributed by atoms with Crippen LogP contribution in [-0.2, 0) is 6.54 Å². The average molecular weight is 297 g/mol. The van der Waals surface area contributed by atoms with Crippen LogP contribution in [0.1, 0.15) is 25.5 Å². The third-order valence-corrected chi connectivity index (χ3v) is 4.37. The molecule has 5 heteroatoms. The zero-order valence-corrected chi connectivity index (χ0v) is 13.5. The van der Waals surface area contributed by atoms with E-state index >= 15 is 0 Å². The summed E-state index contributed by atoms with van der Waals surface area (Å²) in [5.74, 6) is 0.869. The lowest BCUT2D eigenvalue weighted by atomic mass is 10.2. The van der Waals surface area contributed by atoms with E-state index in [1.807, 2.05) is 19.2 Å². The van der Waals surface area contributed by atoms with Crippen LogP contribution in [0.5, 0.6) is 0 Å². The summed E-state index contributed by atoms with van der Waals surface area (Å²) in [6.45, 7) is 6.50. The minimum absolute atomic E-state index is 0.677. The van der Waals surface area contributed by atoms with Crippen molar-refractivity contribution in [2.75, 3.05) is 39.0 Å². The molecule has 0 spiro atoms. The van der Waals surface area contributed by atoms with Gasteiger partial charge in [0.15, 0.2) is 0 Å². The fourth-order valence-electron chi connectivity index (χ4n) is 2.93. The molecule has 1 atom stereocenters. The van der Waals surface area contributed by atoms with Gasteiger partial charge in [0.05, 0.1) is 10.7 Å². The molecule has 0 radical (unpaired) electrons. The minimum Gasteiger partial charge on any atom is -0.373 e. The molecule has 2 heterocycles. The van der Waals surface area contributed by atoms with E-state index in [1.54, 1.807) is 0 Å². The SMILES string of the molecule is CCN1CCCC1CN(C)Cc1nc(NC)ccc1Cl. The molecule has 1 N–H and O–H groups in total. The number of halogens is 1. The zero-order valence-electron chi connectivity index (χ0n) is 12.7. The molecule has 0 saturated carbocycles. The van der Waals surface area contributed by atoms with Crippen molar-refractivity contribution in [1.82, 2.24) is 14.8 Å². The number of pyridine rings is 1. The van der Waals surface area contributed by atoms with Crippen LogP contribution in [0.25, 0.3) is 0 Å². The summed E-state index contributed by atoms with van der Waals surface area (Å²) in [5.41, 5.74) is 0.946. The number of hydrogen-bond acceptors (Lipinski definition) is 4. The number of anilines is 1. The molecule has 1 unspecified atom stereocenters. The zero-order chi connectivity index (χ0) is 14.5. The molecule has 1 aliphatic heterocycles. The quantitative estimate of drug-likeness (QED) is 0.874. The van der Waals surface area contributed by atoms with Crippen molar-refractivity contribution in [3.8, 4) is 0 Å². The number of nitrogens with zero attached hydrogens (tertiary/aromatic N) is 3. The molecule has 1 aromatic rings. The molecule has 4 nitrogen and oxygen atoms in total. The number of nitrogens with one attached hydrogen (secondary N) is 1. The molecule has 112 valence electrons. The fourth-order valence-corrected chi connectivity index (χ4v) is 3.10. The summed E-state index contributed by atoms with van der Waals surface area (Å²) in [7, 11) is 4.03. The Hall–Kier alpha value is -0.840. The van der Waals surface area contributed by atoms with E-state index in [0.717, 1.165) is 36.2 Å². The first kappa shape index (κ1) is 15.5. The maximum atomic E-state index is 6.24. The van der Waals surface area contributed by atoms with Crippen LogP contribution in [0.2, 0.25) is 5.02 Å². The molecule has 0 aliphatic carbocycles. The van der Waals surface area contributed by atoms with Gasteiger partial charge in [0.25, 0.3) is 0 Å². The average Bonchev–Trinajstić information content (AvgIpc) is 2.88. The Kier molecular flexibility index (Phi) is 5.64. The van der Waals surface area contributed by atoms with Crippen LogP contribution in [-0.4, -0.2) is 54.6 Å². The Bertz CT molecular complexity index is 438. The maximum Gasteiger partial charge on any atom is 0.126 e. The molecule has 1 fully saturated rings. The van der Waals surface area contributed by atoms with Crippen LogP contribution in [0, 0.1) is 0 Å². The summed E-state index contributed by atoms with van der Waals surface area (Å²) in [6.07, 6.45) is 2.62. The highest BCUT2D eigenvalue weighted by atomic mass is 35.5. The first-order valence-electron chi connectivity index (χ1n) is 7.39. The first-order chi connectivity index (χ1) is 9.63. The highest BCUT2D eigenvalue weighted by molar-refractivity contribution is 6.31.